The monoisotopic (exact) mass is 252 g/mol. The minimum absolute atomic E-state index is 0.00720. The van der Waals surface area contributed by atoms with Crippen LogP contribution in [-0.2, 0) is 4.79 Å². The fourth-order valence-electron chi connectivity index (χ4n) is 1.64. The van der Waals surface area contributed by atoms with Crippen molar-refractivity contribution in [3.05, 3.63) is 35.6 Å². The second-order valence-corrected chi connectivity index (χ2v) is 4.49. The topological polar surface area (TPSA) is 41.1 Å². The fourth-order valence-corrected chi connectivity index (χ4v) is 1.64. The van der Waals surface area contributed by atoms with Crippen LogP contribution in [-0.4, -0.2) is 19.0 Å². The van der Waals surface area contributed by atoms with Crippen molar-refractivity contribution in [3.63, 3.8) is 0 Å². The van der Waals surface area contributed by atoms with Gasteiger partial charge >= 0.3 is 0 Å². The van der Waals surface area contributed by atoms with Crippen LogP contribution < -0.4 is 10.6 Å². The van der Waals surface area contributed by atoms with Crippen molar-refractivity contribution >= 4 is 5.91 Å². The van der Waals surface area contributed by atoms with Crippen LogP contribution in [0.5, 0.6) is 0 Å². The molecule has 0 heterocycles. The molecule has 1 amide bonds. The summed E-state index contributed by atoms with van der Waals surface area (Å²) in [6.07, 6.45) is 0. The largest absolute Gasteiger partial charge is 0.349 e. The van der Waals surface area contributed by atoms with Gasteiger partial charge in [0.1, 0.15) is 5.82 Å². The molecule has 2 N–H and O–H groups in total. The van der Waals surface area contributed by atoms with Crippen molar-refractivity contribution in [3.8, 4) is 0 Å². The predicted molar refractivity (Wildman–Crippen MR) is 70.7 cm³/mol. The zero-order valence-electron chi connectivity index (χ0n) is 11.2. The molecule has 4 heteroatoms. The lowest BCUT2D eigenvalue weighted by Gasteiger charge is -2.18. The number of halogens is 1. The number of carbonyl (C=O) groups excluding carboxylic acids is 1. The minimum atomic E-state index is -0.266. The van der Waals surface area contributed by atoms with Gasteiger partial charge in [0.2, 0.25) is 5.91 Å². The Kier molecular flexibility index (Phi) is 5.78. The van der Waals surface area contributed by atoms with Crippen molar-refractivity contribution in [1.82, 2.24) is 10.6 Å². The molecule has 0 aliphatic heterocycles. The normalized spacial score (nSPS) is 14.0. The highest BCUT2D eigenvalue weighted by Gasteiger charge is 2.15. The van der Waals surface area contributed by atoms with Gasteiger partial charge in [-0.15, -0.1) is 0 Å². The van der Waals surface area contributed by atoms with Gasteiger partial charge in [-0.3, -0.25) is 4.79 Å². The summed E-state index contributed by atoms with van der Waals surface area (Å²) >= 11 is 0. The third-order valence-electron chi connectivity index (χ3n) is 2.88. The van der Waals surface area contributed by atoms with Crippen LogP contribution in [0.1, 0.15) is 32.4 Å². The smallest absolute Gasteiger partial charge is 0.224 e. The molecule has 1 unspecified atom stereocenters. The zero-order chi connectivity index (χ0) is 13.5. The summed E-state index contributed by atoms with van der Waals surface area (Å²) in [5, 5.41) is 6.06. The molecule has 0 bridgehead atoms. The lowest BCUT2D eigenvalue weighted by Crippen LogP contribution is -2.36. The lowest BCUT2D eigenvalue weighted by atomic mass is 10.1. The second kappa shape index (κ2) is 7.11. The Hall–Kier alpha value is -1.42. The molecule has 1 aromatic carbocycles. The van der Waals surface area contributed by atoms with Gasteiger partial charge in [-0.25, -0.2) is 4.39 Å². The van der Waals surface area contributed by atoms with E-state index in [4.69, 9.17) is 0 Å². The average Bonchev–Trinajstić information content (AvgIpc) is 2.36. The van der Waals surface area contributed by atoms with E-state index in [0.29, 0.717) is 6.54 Å². The Morgan fingerprint density at radius 3 is 2.44 bits per heavy atom. The first-order chi connectivity index (χ1) is 8.54. The van der Waals surface area contributed by atoms with E-state index < -0.39 is 0 Å². The van der Waals surface area contributed by atoms with Crippen molar-refractivity contribution in [1.29, 1.82) is 0 Å². The fraction of sp³-hybridized carbons (Fsp3) is 0.500. The second-order valence-electron chi connectivity index (χ2n) is 4.49. The van der Waals surface area contributed by atoms with Crippen LogP contribution in [0.3, 0.4) is 0 Å². The summed E-state index contributed by atoms with van der Waals surface area (Å²) in [7, 11) is 0. The van der Waals surface area contributed by atoms with E-state index >= 15 is 0 Å². The van der Waals surface area contributed by atoms with E-state index in [1.165, 1.54) is 12.1 Å². The first-order valence-corrected chi connectivity index (χ1v) is 6.31. The number of carbonyl (C=O) groups is 1. The summed E-state index contributed by atoms with van der Waals surface area (Å²) in [5.41, 5.74) is 0.903. The van der Waals surface area contributed by atoms with Crippen LogP contribution in [0.15, 0.2) is 24.3 Å². The maximum atomic E-state index is 12.8. The molecular weight excluding hydrogens is 231 g/mol. The van der Waals surface area contributed by atoms with Crippen molar-refractivity contribution in [2.45, 2.75) is 26.8 Å². The number of hydrogen-bond donors (Lipinski definition) is 2. The lowest BCUT2D eigenvalue weighted by molar-refractivity contribution is -0.125. The molecule has 0 aromatic heterocycles. The Bertz CT molecular complexity index is 378. The summed E-state index contributed by atoms with van der Waals surface area (Å²) in [4.78, 5) is 11.9. The van der Waals surface area contributed by atoms with E-state index in [1.807, 2.05) is 20.8 Å². The standard InChI is InChI=1S/C14H21FN2O/c1-4-16-9-10(2)14(18)17-11(3)12-5-7-13(15)8-6-12/h5-8,10-11,16H,4,9H2,1-3H3,(H,17,18)/t10?,11-/m0/s1. The Morgan fingerprint density at radius 1 is 1.28 bits per heavy atom. The minimum Gasteiger partial charge on any atom is -0.349 e. The van der Waals surface area contributed by atoms with E-state index in [2.05, 4.69) is 10.6 Å². The van der Waals surface area contributed by atoms with Gasteiger partial charge in [0.25, 0.3) is 0 Å². The quantitative estimate of drug-likeness (QED) is 0.815. The SMILES string of the molecule is CCNCC(C)C(=O)N[C@@H](C)c1ccc(F)cc1. The van der Waals surface area contributed by atoms with Crippen molar-refractivity contribution in [2.24, 2.45) is 5.92 Å². The molecule has 0 radical (unpaired) electrons. The first kappa shape index (κ1) is 14.6. The predicted octanol–water partition coefficient (Wildman–Crippen LogP) is 2.25. The van der Waals surface area contributed by atoms with E-state index in [9.17, 15) is 9.18 Å². The van der Waals surface area contributed by atoms with Gasteiger partial charge in [0.05, 0.1) is 6.04 Å². The van der Waals surface area contributed by atoms with E-state index in [-0.39, 0.29) is 23.7 Å². The summed E-state index contributed by atoms with van der Waals surface area (Å²) in [6.45, 7) is 7.30. The van der Waals surface area contributed by atoms with Gasteiger partial charge in [0.15, 0.2) is 0 Å². The highest BCUT2D eigenvalue weighted by atomic mass is 19.1. The molecule has 0 fully saturated rings. The zero-order valence-corrected chi connectivity index (χ0v) is 11.2. The number of nitrogens with one attached hydrogen (secondary N) is 2. The molecule has 0 saturated heterocycles. The van der Waals surface area contributed by atoms with Gasteiger partial charge < -0.3 is 10.6 Å². The number of hydrogen-bond acceptors (Lipinski definition) is 2. The van der Waals surface area contributed by atoms with Gasteiger partial charge in [-0.05, 0) is 31.2 Å². The molecule has 2 atom stereocenters. The maximum absolute atomic E-state index is 12.8. The van der Waals surface area contributed by atoms with Crippen molar-refractivity contribution in [2.75, 3.05) is 13.1 Å². The number of amides is 1. The van der Waals surface area contributed by atoms with Crippen LogP contribution >= 0.6 is 0 Å². The van der Waals surface area contributed by atoms with E-state index in [1.54, 1.807) is 12.1 Å². The third kappa shape index (κ3) is 4.45. The Morgan fingerprint density at radius 2 is 1.89 bits per heavy atom. The van der Waals surface area contributed by atoms with E-state index in [0.717, 1.165) is 12.1 Å². The average molecular weight is 252 g/mol. The molecule has 0 spiro atoms. The van der Waals surface area contributed by atoms with Gasteiger partial charge in [-0.1, -0.05) is 26.0 Å². The molecule has 0 aliphatic rings. The summed E-state index contributed by atoms with van der Waals surface area (Å²) in [6, 6.07) is 6.08. The molecule has 0 aliphatic carbocycles. The molecule has 0 saturated carbocycles. The highest BCUT2D eigenvalue weighted by molar-refractivity contribution is 5.78. The molecule has 3 nitrogen and oxygen atoms in total. The molecule has 1 aromatic rings. The molecule has 18 heavy (non-hydrogen) atoms. The van der Waals surface area contributed by atoms with Crippen LogP contribution in [0.2, 0.25) is 0 Å². The third-order valence-corrected chi connectivity index (χ3v) is 2.88. The van der Waals surface area contributed by atoms with Gasteiger partial charge in [-0.2, -0.15) is 0 Å². The Labute approximate surface area is 108 Å². The van der Waals surface area contributed by atoms with Crippen LogP contribution in [0.4, 0.5) is 4.39 Å². The van der Waals surface area contributed by atoms with Gasteiger partial charge in [0, 0.05) is 12.5 Å². The highest BCUT2D eigenvalue weighted by Crippen LogP contribution is 2.13. The summed E-state index contributed by atoms with van der Waals surface area (Å²) < 4.78 is 12.8. The van der Waals surface area contributed by atoms with Crippen molar-refractivity contribution < 1.29 is 9.18 Å². The number of benzene rings is 1. The summed E-state index contributed by atoms with van der Waals surface area (Å²) in [5.74, 6) is -0.335. The first-order valence-electron chi connectivity index (χ1n) is 6.31. The van der Waals surface area contributed by atoms with Crippen LogP contribution in [0, 0.1) is 11.7 Å². The molecule has 100 valence electrons. The molecule has 1 rings (SSSR count). The maximum Gasteiger partial charge on any atom is 0.224 e. The Balaban J connectivity index is 2.51. The number of rotatable bonds is 6. The molecular formula is C14H21FN2O. The van der Waals surface area contributed by atoms with Crippen LogP contribution in [0.25, 0.3) is 0 Å².